The minimum Gasteiger partial charge on any atom is -0.310 e. The second kappa shape index (κ2) is 4.68. The molecule has 0 unspecified atom stereocenters. The van der Waals surface area contributed by atoms with Crippen molar-refractivity contribution in [2.75, 3.05) is 5.32 Å². The average molecular weight is 257 g/mol. The lowest BCUT2D eigenvalue weighted by Crippen LogP contribution is -2.18. The zero-order valence-electron chi connectivity index (χ0n) is 11.4. The van der Waals surface area contributed by atoms with Crippen molar-refractivity contribution in [1.29, 1.82) is 0 Å². The normalized spacial score (nSPS) is 21.6. The van der Waals surface area contributed by atoms with E-state index in [1.54, 1.807) is 0 Å². The van der Waals surface area contributed by atoms with E-state index in [2.05, 4.69) is 28.7 Å². The number of aromatic nitrogens is 2. The van der Waals surface area contributed by atoms with E-state index in [9.17, 15) is 4.79 Å². The minimum absolute atomic E-state index is 0.111. The number of nitrogens with one attached hydrogen (secondary N) is 1. The van der Waals surface area contributed by atoms with Crippen molar-refractivity contribution in [3.8, 4) is 0 Å². The molecule has 2 aromatic rings. The molecule has 1 fully saturated rings. The van der Waals surface area contributed by atoms with Crippen LogP contribution in [0.3, 0.4) is 0 Å². The van der Waals surface area contributed by atoms with Crippen LogP contribution in [0.15, 0.2) is 24.3 Å². The van der Waals surface area contributed by atoms with Gasteiger partial charge in [0, 0.05) is 12.5 Å². The number of benzene rings is 1. The molecule has 0 aliphatic heterocycles. The highest BCUT2D eigenvalue weighted by Gasteiger charge is 2.39. The van der Waals surface area contributed by atoms with Crippen molar-refractivity contribution >= 4 is 22.9 Å². The van der Waals surface area contributed by atoms with Gasteiger partial charge in [-0.15, -0.1) is 0 Å². The first-order chi connectivity index (χ1) is 9.20. The molecule has 1 amide bonds. The maximum atomic E-state index is 12.1. The number of nitrogens with zero attached hydrogens (tertiary/aromatic N) is 2. The van der Waals surface area contributed by atoms with Gasteiger partial charge in [-0.05, 0) is 30.9 Å². The van der Waals surface area contributed by atoms with Crippen LogP contribution >= 0.6 is 0 Å². The number of aryl methyl sites for hydroxylation is 1. The van der Waals surface area contributed by atoms with E-state index < -0.39 is 0 Å². The molecule has 1 heterocycles. The summed E-state index contributed by atoms with van der Waals surface area (Å²) in [4.78, 5) is 16.6. The second-order valence-corrected chi connectivity index (χ2v) is 5.38. The number of imidazole rings is 1. The molecular weight excluding hydrogens is 238 g/mol. The van der Waals surface area contributed by atoms with Gasteiger partial charge in [0.1, 0.15) is 0 Å². The molecule has 0 saturated heterocycles. The maximum Gasteiger partial charge on any atom is 0.230 e. The van der Waals surface area contributed by atoms with Crippen molar-refractivity contribution in [1.82, 2.24) is 9.55 Å². The van der Waals surface area contributed by atoms with Crippen LogP contribution in [0, 0.1) is 11.8 Å². The lowest BCUT2D eigenvalue weighted by atomic mass is 10.3. The first-order valence-corrected chi connectivity index (χ1v) is 6.97. The Hall–Kier alpha value is -1.84. The van der Waals surface area contributed by atoms with E-state index in [4.69, 9.17) is 0 Å². The van der Waals surface area contributed by atoms with Crippen LogP contribution in [0.5, 0.6) is 0 Å². The Morgan fingerprint density at radius 2 is 2.21 bits per heavy atom. The van der Waals surface area contributed by atoms with Gasteiger partial charge in [0.2, 0.25) is 11.9 Å². The van der Waals surface area contributed by atoms with E-state index in [1.165, 1.54) is 0 Å². The number of anilines is 1. The number of rotatable bonds is 4. The smallest absolute Gasteiger partial charge is 0.230 e. The van der Waals surface area contributed by atoms with Crippen LogP contribution < -0.4 is 5.32 Å². The number of para-hydroxylation sites is 2. The summed E-state index contributed by atoms with van der Waals surface area (Å²) >= 11 is 0. The number of carbonyl (C=O) groups is 1. The molecule has 100 valence electrons. The highest BCUT2D eigenvalue weighted by atomic mass is 16.2. The fraction of sp³-hybridized carbons (Fsp3) is 0.467. The summed E-state index contributed by atoms with van der Waals surface area (Å²) in [6.07, 6.45) is 2.02. The average Bonchev–Trinajstić information content (AvgIpc) is 3.04. The van der Waals surface area contributed by atoms with Crippen molar-refractivity contribution in [2.24, 2.45) is 11.8 Å². The SMILES string of the molecule is CCCn1c(NC(=O)[C@@H]2C[C@@H]2C)nc2ccccc21. The Bertz CT molecular complexity index is 617. The van der Waals surface area contributed by atoms with Gasteiger partial charge in [-0.1, -0.05) is 26.0 Å². The third-order valence-electron chi connectivity index (χ3n) is 3.78. The predicted octanol–water partition coefficient (Wildman–Crippen LogP) is 3.04. The van der Waals surface area contributed by atoms with Gasteiger partial charge in [-0.25, -0.2) is 4.98 Å². The van der Waals surface area contributed by atoms with Crippen LogP contribution in [-0.4, -0.2) is 15.5 Å². The fourth-order valence-corrected chi connectivity index (χ4v) is 2.51. The molecule has 0 bridgehead atoms. The molecule has 4 heteroatoms. The summed E-state index contributed by atoms with van der Waals surface area (Å²) < 4.78 is 2.10. The first-order valence-electron chi connectivity index (χ1n) is 6.97. The van der Waals surface area contributed by atoms with Gasteiger partial charge in [0.25, 0.3) is 0 Å². The van der Waals surface area contributed by atoms with Crippen LogP contribution in [0.4, 0.5) is 5.95 Å². The van der Waals surface area contributed by atoms with Gasteiger partial charge in [0.15, 0.2) is 0 Å². The van der Waals surface area contributed by atoms with Gasteiger partial charge in [0.05, 0.1) is 11.0 Å². The highest BCUT2D eigenvalue weighted by Crippen LogP contribution is 2.38. The standard InChI is InChI=1S/C15H19N3O/c1-3-8-18-13-7-5-4-6-12(13)16-15(18)17-14(19)11-9-10(11)2/h4-7,10-11H,3,8-9H2,1-2H3,(H,16,17,19)/t10-,11+/m0/s1. The van der Waals surface area contributed by atoms with E-state index in [1.807, 2.05) is 24.3 Å². The molecular formula is C15H19N3O. The van der Waals surface area contributed by atoms with Gasteiger partial charge < -0.3 is 4.57 Å². The second-order valence-electron chi connectivity index (χ2n) is 5.38. The monoisotopic (exact) mass is 257 g/mol. The summed E-state index contributed by atoms with van der Waals surface area (Å²) in [5, 5.41) is 2.99. The summed E-state index contributed by atoms with van der Waals surface area (Å²) in [7, 11) is 0. The minimum atomic E-state index is 0.111. The number of hydrogen-bond donors (Lipinski definition) is 1. The Labute approximate surface area is 112 Å². The number of amides is 1. The summed E-state index contributed by atoms with van der Waals surface area (Å²) in [6, 6.07) is 8.01. The first kappa shape index (κ1) is 12.2. The topological polar surface area (TPSA) is 46.9 Å². The van der Waals surface area contributed by atoms with Crippen molar-refractivity contribution in [3.63, 3.8) is 0 Å². The zero-order valence-corrected chi connectivity index (χ0v) is 11.4. The molecule has 0 spiro atoms. The Morgan fingerprint density at radius 3 is 2.89 bits per heavy atom. The predicted molar refractivity (Wildman–Crippen MR) is 75.9 cm³/mol. The fourth-order valence-electron chi connectivity index (χ4n) is 2.51. The number of carbonyl (C=O) groups excluding carboxylic acids is 1. The Morgan fingerprint density at radius 1 is 1.47 bits per heavy atom. The largest absolute Gasteiger partial charge is 0.310 e. The Kier molecular flexibility index (Phi) is 3.01. The lowest BCUT2D eigenvalue weighted by molar-refractivity contribution is -0.117. The van der Waals surface area contributed by atoms with Crippen molar-refractivity contribution < 1.29 is 4.79 Å². The molecule has 1 aliphatic carbocycles. The third kappa shape index (κ3) is 2.23. The molecule has 1 saturated carbocycles. The van der Waals surface area contributed by atoms with Crippen LogP contribution in [0.1, 0.15) is 26.7 Å². The summed E-state index contributed by atoms with van der Waals surface area (Å²) in [6.45, 7) is 5.11. The molecule has 1 aromatic heterocycles. The highest BCUT2D eigenvalue weighted by molar-refractivity contribution is 5.94. The van der Waals surface area contributed by atoms with Crippen molar-refractivity contribution in [2.45, 2.75) is 33.2 Å². The van der Waals surface area contributed by atoms with Crippen LogP contribution in [0.25, 0.3) is 11.0 Å². The zero-order chi connectivity index (χ0) is 13.4. The molecule has 0 radical (unpaired) electrons. The maximum absolute atomic E-state index is 12.1. The quantitative estimate of drug-likeness (QED) is 0.915. The van der Waals surface area contributed by atoms with Crippen LogP contribution in [0.2, 0.25) is 0 Å². The molecule has 1 aromatic carbocycles. The van der Waals surface area contributed by atoms with Gasteiger partial charge >= 0.3 is 0 Å². The summed E-state index contributed by atoms with van der Waals surface area (Å²) in [5.74, 6) is 1.49. The van der Waals surface area contributed by atoms with E-state index in [0.717, 1.165) is 30.4 Å². The molecule has 1 aliphatic rings. The van der Waals surface area contributed by atoms with Crippen molar-refractivity contribution in [3.05, 3.63) is 24.3 Å². The lowest BCUT2D eigenvalue weighted by Gasteiger charge is -2.08. The molecule has 1 N–H and O–H groups in total. The van der Waals surface area contributed by atoms with E-state index in [0.29, 0.717) is 11.9 Å². The number of fused-ring (bicyclic) bond motifs is 1. The molecule has 3 rings (SSSR count). The number of hydrogen-bond acceptors (Lipinski definition) is 2. The van der Waals surface area contributed by atoms with Crippen LogP contribution in [-0.2, 0) is 11.3 Å². The molecule has 19 heavy (non-hydrogen) atoms. The summed E-state index contributed by atoms with van der Waals surface area (Å²) in [5.41, 5.74) is 2.03. The van der Waals surface area contributed by atoms with E-state index in [-0.39, 0.29) is 11.8 Å². The molecule has 2 atom stereocenters. The van der Waals surface area contributed by atoms with E-state index >= 15 is 0 Å². The van der Waals surface area contributed by atoms with Gasteiger partial charge in [-0.2, -0.15) is 0 Å². The van der Waals surface area contributed by atoms with Gasteiger partial charge in [-0.3, -0.25) is 10.1 Å². The Balaban J connectivity index is 1.93. The third-order valence-corrected chi connectivity index (χ3v) is 3.78. The molecule has 4 nitrogen and oxygen atoms in total.